The van der Waals surface area contributed by atoms with Gasteiger partial charge < -0.3 is 4.74 Å². The summed E-state index contributed by atoms with van der Waals surface area (Å²) in [6.07, 6.45) is 4.18. The van der Waals surface area contributed by atoms with Crippen LogP contribution in [0.4, 0.5) is 13.2 Å². The molecule has 0 radical (unpaired) electrons. The molecule has 2 aliphatic rings. The Hall–Kier alpha value is -2.00. The molecule has 170 valence electrons. The number of methoxy groups -OCH3 is 1. The molecule has 31 heavy (non-hydrogen) atoms. The zero-order valence-electron chi connectivity index (χ0n) is 17.9. The molecule has 1 aromatic heterocycles. The Morgan fingerprint density at radius 2 is 1.77 bits per heavy atom. The van der Waals surface area contributed by atoms with Crippen LogP contribution in [-0.2, 0) is 17.5 Å². The monoisotopic (exact) mass is 437 g/mol. The van der Waals surface area contributed by atoms with Crippen molar-refractivity contribution in [1.29, 1.82) is 0 Å². The van der Waals surface area contributed by atoms with Crippen molar-refractivity contribution in [2.75, 3.05) is 26.8 Å². The highest BCUT2D eigenvalue weighted by atomic mass is 19.4. The molecule has 2 aromatic rings. The highest BCUT2D eigenvalue weighted by molar-refractivity contribution is 5.30. The fourth-order valence-electron chi connectivity index (χ4n) is 5.30. The summed E-state index contributed by atoms with van der Waals surface area (Å²) in [6.45, 7) is 2.76. The highest BCUT2D eigenvalue weighted by Gasteiger charge is 2.40. The first-order chi connectivity index (χ1) is 14.9. The molecule has 1 saturated heterocycles. The van der Waals surface area contributed by atoms with E-state index in [0.29, 0.717) is 24.4 Å². The second-order valence-electron chi connectivity index (χ2n) is 8.91. The third kappa shape index (κ3) is 4.92. The standard InChI is InChI=1S/C22H30F3N5O/c1-31-15-14-30-20(26-27-28-30)19(17-6-8-18(9-7-17)22(23,24)25)29-13-5-12-21(16-29)10-3-2-4-11-21/h6-9,19H,2-5,10-16H2,1H3. The van der Waals surface area contributed by atoms with Gasteiger partial charge >= 0.3 is 6.18 Å². The van der Waals surface area contributed by atoms with Gasteiger partial charge in [-0.25, -0.2) is 4.68 Å². The summed E-state index contributed by atoms with van der Waals surface area (Å²) in [5.74, 6) is 0.657. The molecule has 2 heterocycles. The van der Waals surface area contributed by atoms with Crippen LogP contribution in [0.5, 0.6) is 0 Å². The fraction of sp³-hybridized carbons (Fsp3) is 0.682. The smallest absolute Gasteiger partial charge is 0.383 e. The minimum Gasteiger partial charge on any atom is -0.383 e. The number of tetrazole rings is 1. The number of likely N-dealkylation sites (tertiary alicyclic amines) is 1. The van der Waals surface area contributed by atoms with E-state index in [1.807, 2.05) is 0 Å². The molecule has 9 heteroatoms. The van der Waals surface area contributed by atoms with Gasteiger partial charge in [0.15, 0.2) is 5.82 Å². The average molecular weight is 438 g/mol. The zero-order chi connectivity index (χ0) is 21.9. The molecule has 2 fully saturated rings. The second-order valence-corrected chi connectivity index (χ2v) is 8.91. The van der Waals surface area contributed by atoms with Crippen molar-refractivity contribution in [1.82, 2.24) is 25.1 Å². The molecule has 1 spiro atoms. The Morgan fingerprint density at radius 3 is 2.45 bits per heavy atom. The van der Waals surface area contributed by atoms with Crippen molar-refractivity contribution < 1.29 is 17.9 Å². The van der Waals surface area contributed by atoms with E-state index in [2.05, 4.69) is 20.4 Å². The Labute approximate surface area is 180 Å². The molecule has 1 aliphatic heterocycles. The van der Waals surface area contributed by atoms with Crippen molar-refractivity contribution in [3.8, 4) is 0 Å². The van der Waals surface area contributed by atoms with E-state index in [-0.39, 0.29) is 6.04 Å². The Balaban J connectivity index is 1.68. The molecule has 1 aliphatic carbocycles. The summed E-state index contributed by atoms with van der Waals surface area (Å²) in [6, 6.07) is 5.18. The summed E-state index contributed by atoms with van der Waals surface area (Å²) in [4.78, 5) is 2.38. The first-order valence-electron chi connectivity index (χ1n) is 11.1. The lowest BCUT2D eigenvalue weighted by Gasteiger charge is -2.47. The quantitative estimate of drug-likeness (QED) is 0.667. The second kappa shape index (κ2) is 9.24. The topological polar surface area (TPSA) is 56.1 Å². The van der Waals surface area contributed by atoms with Gasteiger partial charge in [-0.15, -0.1) is 5.10 Å². The van der Waals surface area contributed by atoms with Crippen LogP contribution in [0.1, 0.15) is 67.9 Å². The molecule has 0 N–H and O–H groups in total. The first kappa shape index (κ1) is 22.2. The van der Waals surface area contributed by atoms with E-state index in [0.717, 1.165) is 37.2 Å². The normalized spacial score (nSPS) is 20.8. The fourth-order valence-corrected chi connectivity index (χ4v) is 5.30. The van der Waals surface area contributed by atoms with Gasteiger partial charge in [-0.3, -0.25) is 4.90 Å². The number of halogens is 3. The van der Waals surface area contributed by atoms with E-state index < -0.39 is 11.7 Å². The number of alkyl halides is 3. The van der Waals surface area contributed by atoms with Crippen molar-refractivity contribution >= 4 is 0 Å². The van der Waals surface area contributed by atoms with Gasteiger partial charge in [0, 0.05) is 13.7 Å². The molecule has 0 bridgehead atoms. The summed E-state index contributed by atoms with van der Waals surface area (Å²) in [5, 5.41) is 12.3. The number of hydrogen-bond acceptors (Lipinski definition) is 5. The van der Waals surface area contributed by atoms with Crippen LogP contribution >= 0.6 is 0 Å². The van der Waals surface area contributed by atoms with Crippen LogP contribution in [0, 0.1) is 5.41 Å². The number of hydrogen-bond donors (Lipinski definition) is 0. The van der Waals surface area contributed by atoms with Crippen LogP contribution in [0.3, 0.4) is 0 Å². The SMILES string of the molecule is COCCn1nnnc1C(c1ccc(C(F)(F)F)cc1)N1CCCC2(CCCCC2)C1. The zero-order valence-corrected chi connectivity index (χ0v) is 17.9. The van der Waals surface area contributed by atoms with Crippen LogP contribution in [0.2, 0.25) is 0 Å². The lowest BCUT2D eigenvalue weighted by atomic mass is 9.69. The Bertz CT molecular complexity index is 840. The van der Waals surface area contributed by atoms with Gasteiger partial charge in [-0.2, -0.15) is 13.2 Å². The number of nitrogens with zero attached hydrogens (tertiary/aromatic N) is 5. The summed E-state index contributed by atoms with van der Waals surface area (Å²) in [7, 11) is 1.62. The van der Waals surface area contributed by atoms with Crippen LogP contribution in [0.15, 0.2) is 24.3 Å². The molecular formula is C22H30F3N5O. The lowest BCUT2D eigenvalue weighted by molar-refractivity contribution is -0.137. The predicted molar refractivity (Wildman–Crippen MR) is 109 cm³/mol. The summed E-state index contributed by atoms with van der Waals surface area (Å²) in [5.41, 5.74) is 0.441. The average Bonchev–Trinajstić information content (AvgIpc) is 3.21. The Morgan fingerprint density at radius 1 is 1.06 bits per heavy atom. The van der Waals surface area contributed by atoms with Gasteiger partial charge in [0.25, 0.3) is 0 Å². The van der Waals surface area contributed by atoms with Crippen LogP contribution in [-0.4, -0.2) is 51.9 Å². The number of piperidine rings is 1. The van der Waals surface area contributed by atoms with Crippen molar-refractivity contribution in [3.05, 3.63) is 41.2 Å². The Kier molecular flexibility index (Phi) is 6.62. The van der Waals surface area contributed by atoms with Crippen molar-refractivity contribution in [3.63, 3.8) is 0 Å². The van der Waals surface area contributed by atoms with E-state index in [9.17, 15) is 13.2 Å². The third-order valence-electron chi connectivity index (χ3n) is 6.84. The largest absolute Gasteiger partial charge is 0.416 e. The molecular weight excluding hydrogens is 407 g/mol. The van der Waals surface area contributed by atoms with Gasteiger partial charge in [0.05, 0.1) is 24.8 Å². The van der Waals surface area contributed by atoms with Crippen LogP contribution < -0.4 is 0 Å². The van der Waals surface area contributed by atoms with E-state index in [1.165, 1.54) is 38.5 Å². The highest BCUT2D eigenvalue weighted by Crippen LogP contribution is 2.45. The molecule has 1 unspecified atom stereocenters. The van der Waals surface area contributed by atoms with E-state index in [4.69, 9.17) is 4.74 Å². The molecule has 6 nitrogen and oxygen atoms in total. The van der Waals surface area contributed by atoms with Crippen molar-refractivity contribution in [2.45, 2.75) is 63.7 Å². The van der Waals surface area contributed by atoms with Gasteiger partial charge in [-0.1, -0.05) is 31.4 Å². The van der Waals surface area contributed by atoms with Gasteiger partial charge in [0.1, 0.15) is 0 Å². The predicted octanol–water partition coefficient (Wildman–Crippen LogP) is 4.47. The number of aromatic nitrogens is 4. The van der Waals surface area contributed by atoms with Crippen molar-refractivity contribution in [2.24, 2.45) is 5.41 Å². The molecule has 4 rings (SSSR count). The number of ether oxygens (including phenoxy) is 1. The van der Waals surface area contributed by atoms with Gasteiger partial charge in [0.2, 0.25) is 0 Å². The number of rotatable bonds is 6. The van der Waals surface area contributed by atoms with E-state index in [1.54, 1.807) is 23.9 Å². The van der Waals surface area contributed by atoms with E-state index >= 15 is 0 Å². The minimum absolute atomic E-state index is 0.284. The minimum atomic E-state index is -4.36. The number of benzene rings is 1. The molecule has 1 aromatic carbocycles. The lowest BCUT2D eigenvalue weighted by Crippen LogP contribution is -2.46. The molecule has 1 saturated carbocycles. The van der Waals surface area contributed by atoms with Gasteiger partial charge in [-0.05, 0) is 65.8 Å². The molecule has 0 amide bonds. The maximum absolute atomic E-state index is 13.1. The first-order valence-corrected chi connectivity index (χ1v) is 11.1. The maximum Gasteiger partial charge on any atom is 0.416 e. The third-order valence-corrected chi connectivity index (χ3v) is 6.84. The van der Waals surface area contributed by atoms with Crippen LogP contribution in [0.25, 0.3) is 0 Å². The summed E-state index contributed by atoms with van der Waals surface area (Å²) < 4.78 is 46.3. The summed E-state index contributed by atoms with van der Waals surface area (Å²) >= 11 is 0. The maximum atomic E-state index is 13.1. The molecule has 1 atom stereocenters.